The van der Waals surface area contributed by atoms with Gasteiger partial charge in [-0.15, -0.1) is 0 Å². The Morgan fingerprint density at radius 1 is 1.36 bits per heavy atom. The minimum atomic E-state index is -0.114. The van der Waals surface area contributed by atoms with Crippen LogP contribution in [-0.2, 0) is 10.2 Å². The highest BCUT2D eigenvalue weighted by Gasteiger charge is 2.21. The molecule has 1 N–H and O–H groups in total. The quantitative estimate of drug-likeness (QED) is 0.873. The molecule has 1 aromatic heterocycles. The highest BCUT2D eigenvalue weighted by atomic mass is 16.5. The van der Waals surface area contributed by atoms with Crippen LogP contribution in [0.1, 0.15) is 53.3 Å². The fraction of sp³-hybridized carbons (Fsp3) is 0.765. The van der Waals surface area contributed by atoms with Gasteiger partial charge in [0, 0.05) is 24.6 Å². The molecule has 0 aliphatic carbocycles. The summed E-state index contributed by atoms with van der Waals surface area (Å²) in [6, 6.07) is 1.88. The molecule has 0 radical (unpaired) electrons. The molecule has 0 bridgehead atoms. The van der Waals surface area contributed by atoms with Crippen molar-refractivity contribution in [1.29, 1.82) is 0 Å². The standard InChI is InChI=1S/C17H29N3O2/c1-12(2)11-22-15-9-14(18-10-13-7-6-8-21-13)19-16(20-15)17(3,4)5/h9,12-13H,6-8,10-11H2,1-5H3,(H,18,19,20). The minimum Gasteiger partial charge on any atom is -0.477 e. The summed E-state index contributed by atoms with van der Waals surface area (Å²) in [5.41, 5.74) is -0.114. The maximum Gasteiger partial charge on any atom is 0.218 e. The van der Waals surface area contributed by atoms with Crippen LogP contribution in [0.2, 0.25) is 0 Å². The molecular weight excluding hydrogens is 278 g/mol. The van der Waals surface area contributed by atoms with Gasteiger partial charge in [0.25, 0.3) is 0 Å². The lowest BCUT2D eigenvalue weighted by Crippen LogP contribution is -2.22. The Labute approximate surface area is 133 Å². The van der Waals surface area contributed by atoms with Gasteiger partial charge in [0.1, 0.15) is 11.6 Å². The average molecular weight is 307 g/mol. The number of rotatable bonds is 6. The van der Waals surface area contributed by atoms with E-state index in [1.165, 1.54) is 0 Å². The van der Waals surface area contributed by atoms with E-state index in [2.05, 4.69) is 49.9 Å². The first-order valence-electron chi connectivity index (χ1n) is 8.22. The van der Waals surface area contributed by atoms with Gasteiger partial charge in [-0.1, -0.05) is 34.6 Å². The average Bonchev–Trinajstić information content (AvgIpc) is 2.95. The van der Waals surface area contributed by atoms with Gasteiger partial charge in [-0.05, 0) is 18.8 Å². The van der Waals surface area contributed by atoms with E-state index in [1.807, 2.05) is 6.07 Å². The molecule has 1 atom stereocenters. The zero-order chi connectivity index (χ0) is 16.2. The molecule has 1 aliphatic heterocycles. The summed E-state index contributed by atoms with van der Waals surface area (Å²) in [5, 5.41) is 3.37. The number of hydrogen-bond acceptors (Lipinski definition) is 5. The van der Waals surface area contributed by atoms with Gasteiger partial charge in [0.2, 0.25) is 5.88 Å². The van der Waals surface area contributed by atoms with Crippen molar-refractivity contribution in [2.45, 2.75) is 59.0 Å². The fourth-order valence-electron chi connectivity index (χ4n) is 2.20. The number of aromatic nitrogens is 2. The van der Waals surface area contributed by atoms with Crippen LogP contribution in [0.25, 0.3) is 0 Å². The molecule has 2 rings (SSSR count). The SMILES string of the molecule is CC(C)COc1cc(NCC2CCCO2)nc(C(C)(C)C)n1. The molecule has 0 spiro atoms. The topological polar surface area (TPSA) is 56.3 Å². The molecule has 22 heavy (non-hydrogen) atoms. The zero-order valence-corrected chi connectivity index (χ0v) is 14.5. The van der Waals surface area contributed by atoms with Crippen molar-refractivity contribution in [3.63, 3.8) is 0 Å². The third kappa shape index (κ3) is 5.13. The van der Waals surface area contributed by atoms with Crippen molar-refractivity contribution in [3.05, 3.63) is 11.9 Å². The first-order chi connectivity index (χ1) is 10.3. The van der Waals surface area contributed by atoms with Gasteiger partial charge in [-0.2, -0.15) is 4.98 Å². The molecule has 1 aliphatic rings. The van der Waals surface area contributed by atoms with Gasteiger partial charge in [0.15, 0.2) is 0 Å². The van der Waals surface area contributed by atoms with E-state index in [0.717, 1.165) is 37.6 Å². The summed E-state index contributed by atoms with van der Waals surface area (Å²) >= 11 is 0. The lowest BCUT2D eigenvalue weighted by Gasteiger charge is -2.20. The molecule has 0 amide bonds. The third-order valence-electron chi connectivity index (χ3n) is 3.47. The number of ether oxygens (including phenoxy) is 2. The number of nitrogens with one attached hydrogen (secondary N) is 1. The van der Waals surface area contributed by atoms with Crippen molar-refractivity contribution >= 4 is 5.82 Å². The highest BCUT2D eigenvalue weighted by molar-refractivity contribution is 5.39. The van der Waals surface area contributed by atoms with Gasteiger partial charge < -0.3 is 14.8 Å². The Morgan fingerprint density at radius 3 is 2.73 bits per heavy atom. The third-order valence-corrected chi connectivity index (χ3v) is 3.47. The van der Waals surface area contributed by atoms with Crippen LogP contribution in [-0.4, -0.2) is 35.8 Å². The second-order valence-electron chi connectivity index (χ2n) is 7.39. The number of hydrogen-bond donors (Lipinski definition) is 1. The monoisotopic (exact) mass is 307 g/mol. The fourth-order valence-corrected chi connectivity index (χ4v) is 2.20. The van der Waals surface area contributed by atoms with Crippen LogP contribution >= 0.6 is 0 Å². The Kier molecular flexibility index (Phi) is 5.62. The van der Waals surface area contributed by atoms with Gasteiger partial charge in [-0.25, -0.2) is 4.98 Å². The van der Waals surface area contributed by atoms with Gasteiger partial charge >= 0.3 is 0 Å². The van der Waals surface area contributed by atoms with Gasteiger partial charge in [-0.3, -0.25) is 0 Å². The minimum absolute atomic E-state index is 0.114. The van der Waals surface area contributed by atoms with Crippen LogP contribution in [0.5, 0.6) is 5.88 Å². The molecule has 5 nitrogen and oxygen atoms in total. The Bertz CT molecular complexity index is 477. The maximum atomic E-state index is 5.79. The van der Waals surface area contributed by atoms with Crippen LogP contribution in [0.15, 0.2) is 6.07 Å². The van der Waals surface area contributed by atoms with Crippen molar-refractivity contribution in [2.75, 3.05) is 25.1 Å². The lowest BCUT2D eigenvalue weighted by atomic mass is 9.96. The predicted octanol–water partition coefficient (Wildman–Crippen LogP) is 3.40. The molecule has 1 fully saturated rings. The predicted molar refractivity (Wildman–Crippen MR) is 88.5 cm³/mol. The summed E-state index contributed by atoms with van der Waals surface area (Å²) in [6.07, 6.45) is 2.54. The van der Waals surface area contributed by atoms with Crippen molar-refractivity contribution in [1.82, 2.24) is 9.97 Å². The maximum absolute atomic E-state index is 5.79. The van der Waals surface area contributed by atoms with Crippen LogP contribution < -0.4 is 10.1 Å². The summed E-state index contributed by atoms with van der Waals surface area (Å²) in [4.78, 5) is 9.19. The first kappa shape index (κ1) is 17.0. The first-order valence-corrected chi connectivity index (χ1v) is 8.22. The van der Waals surface area contributed by atoms with Gasteiger partial charge in [0.05, 0.1) is 12.7 Å². The lowest BCUT2D eigenvalue weighted by molar-refractivity contribution is 0.120. The Balaban J connectivity index is 2.10. The van der Waals surface area contributed by atoms with Crippen LogP contribution in [0.3, 0.4) is 0 Å². The Hall–Kier alpha value is -1.36. The van der Waals surface area contributed by atoms with Crippen molar-refractivity contribution < 1.29 is 9.47 Å². The van der Waals surface area contributed by atoms with E-state index < -0.39 is 0 Å². The molecule has 124 valence electrons. The zero-order valence-electron chi connectivity index (χ0n) is 14.5. The summed E-state index contributed by atoms with van der Waals surface area (Å²) in [6.45, 7) is 12.9. The van der Waals surface area contributed by atoms with E-state index in [0.29, 0.717) is 18.4 Å². The summed E-state index contributed by atoms with van der Waals surface area (Å²) in [5.74, 6) is 2.72. The highest BCUT2D eigenvalue weighted by Crippen LogP contribution is 2.24. The molecule has 0 saturated carbocycles. The number of anilines is 1. The molecule has 1 unspecified atom stereocenters. The van der Waals surface area contributed by atoms with Crippen molar-refractivity contribution in [2.24, 2.45) is 5.92 Å². The second kappa shape index (κ2) is 7.27. The van der Waals surface area contributed by atoms with Crippen LogP contribution in [0, 0.1) is 5.92 Å². The molecule has 1 aromatic rings. The Morgan fingerprint density at radius 2 is 2.14 bits per heavy atom. The smallest absolute Gasteiger partial charge is 0.218 e. The van der Waals surface area contributed by atoms with E-state index in [1.54, 1.807) is 0 Å². The second-order valence-corrected chi connectivity index (χ2v) is 7.39. The molecule has 0 aromatic carbocycles. The molecule has 2 heterocycles. The molecule has 1 saturated heterocycles. The normalized spacial score (nSPS) is 18.7. The number of nitrogens with zero attached hydrogens (tertiary/aromatic N) is 2. The summed E-state index contributed by atoms with van der Waals surface area (Å²) < 4.78 is 11.4. The molecule has 5 heteroatoms. The van der Waals surface area contributed by atoms with E-state index >= 15 is 0 Å². The van der Waals surface area contributed by atoms with E-state index in [-0.39, 0.29) is 11.5 Å². The molecular formula is C17H29N3O2. The summed E-state index contributed by atoms with van der Waals surface area (Å²) in [7, 11) is 0. The largest absolute Gasteiger partial charge is 0.477 e. The van der Waals surface area contributed by atoms with E-state index in [9.17, 15) is 0 Å². The van der Waals surface area contributed by atoms with E-state index in [4.69, 9.17) is 9.47 Å². The van der Waals surface area contributed by atoms with Crippen molar-refractivity contribution in [3.8, 4) is 5.88 Å². The van der Waals surface area contributed by atoms with Crippen LogP contribution in [0.4, 0.5) is 5.82 Å².